The van der Waals surface area contributed by atoms with Gasteiger partial charge in [-0.15, -0.1) is 0 Å². The van der Waals surface area contributed by atoms with Crippen LogP contribution in [-0.4, -0.2) is 41.1 Å². The second kappa shape index (κ2) is 5.63. The molecule has 1 aliphatic carbocycles. The number of rotatable bonds is 3. The van der Waals surface area contributed by atoms with Crippen LogP contribution in [0.4, 0.5) is 4.79 Å². The first kappa shape index (κ1) is 14.9. The van der Waals surface area contributed by atoms with E-state index >= 15 is 0 Å². The smallest absolute Gasteiger partial charge is 0.317 e. The number of carbonyl (C=O) groups is 2. The molecule has 1 atom stereocenters. The SMILES string of the molecule is CC1(C(=O)O)CCN(C(=O)NC2CC(c3ccccc3)C2)C1. The van der Waals surface area contributed by atoms with Gasteiger partial charge < -0.3 is 15.3 Å². The number of hydrogen-bond acceptors (Lipinski definition) is 2. The third kappa shape index (κ3) is 2.80. The summed E-state index contributed by atoms with van der Waals surface area (Å²) in [5.74, 6) is -0.301. The molecule has 118 valence electrons. The molecule has 1 aliphatic heterocycles. The lowest BCUT2D eigenvalue weighted by atomic mass is 9.76. The van der Waals surface area contributed by atoms with Crippen LogP contribution in [-0.2, 0) is 4.79 Å². The predicted molar refractivity (Wildman–Crippen MR) is 82.7 cm³/mol. The topological polar surface area (TPSA) is 69.6 Å². The predicted octanol–water partition coefficient (Wildman–Crippen LogP) is 2.44. The van der Waals surface area contributed by atoms with E-state index in [9.17, 15) is 14.7 Å². The summed E-state index contributed by atoms with van der Waals surface area (Å²) in [6.07, 6.45) is 2.44. The first-order valence-corrected chi connectivity index (χ1v) is 7.82. The molecule has 1 heterocycles. The molecule has 1 aromatic rings. The van der Waals surface area contributed by atoms with Crippen LogP contribution in [0.2, 0.25) is 0 Å². The summed E-state index contributed by atoms with van der Waals surface area (Å²) in [7, 11) is 0. The summed E-state index contributed by atoms with van der Waals surface area (Å²) >= 11 is 0. The van der Waals surface area contributed by atoms with Gasteiger partial charge >= 0.3 is 12.0 Å². The maximum Gasteiger partial charge on any atom is 0.317 e. The lowest BCUT2D eigenvalue weighted by molar-refractivity contribution is -0.147. The van der Waals surface area contributed by atoms with Crippen LogP contribution in [0.3, 0.4) is 0 Å². The van der Waals surface area contributed by atoms with Gasteiger partial charge in [0.1, 0.15) is 0 Å². The number of carboxylic acid groups (broad SMARTS) is 1. The number of urea groups is 1. The summed E-state index contributed by atoms with van der Waals surface area (Å²) in [5.41, 5.74) is 0.524. The van der Waals surface area contributed by atoms with Crippen LogP contribution in [0.15, 0.2) is 30.3 Å². The van der Waals surface area contributed by atoms with Crippen molar-refractivity contribution >= 4 is 12.0 Å². The average molecular weight is 302 g/mol. The second-order valence-corrected chi connectivity index (χ2v) is 6.76. The number of carboxylic acids is 1. The fraction of sp³-hybridized carbons (Fsp3) is 0.529. The van der Waals surface area contributed by atoms with Crippen molar-refractivity contribution in [2.75, 3.05) is 13.1 Å². The minimum atomic E-state index is -0.824. The number of benzene rings is 1. The van der Waals surface area contributed by atoms with E-state index in [4.69, 9.17) is 0 Å². The highest BCUT2D eigenvalue weighted by molar-refractivity contribution is 5.79. The largest absolute Gasteiger partial charge is 0.481 e. The van der Waals surface area contributed by atoms with Gasteiger partial charge in [0, 0.05) is 19.1 Å². The van der Waals surface area contributed by atoms with Crippen LogP contribution in [0.5, 0.6) is 0 Å². The molecule has 22 heavy (non-hydrogen) atoms. The summed E-state index contributed by atoms with van der Waals surface area (Å²) in [4.78, 5) is 25.1. The molecule has 1 unspecified atom stereocenters. The molecule has 0 aromatic heterocycles. The normalized spacial score (nSPS) is 30.7. The molecule has 0 spiro atoms. The Bertz CT molecular complexity index is 569. The van der Waals surface area contributed by atoms with E-state index in [0.717, 1.165) is 12.8 Å². The monoisotopic (exact) mass is 302 g/mol. The van der Waals surface area contributed by atoms with E-state index in [1.807, 2.05) is 18.2 Å². The summed E-state index contributed by atoms with van der Waals surface area (Å²) < 4.78 is 0. The van der Waals surface area contributed by atoms with Gasteiger partial charge in [-0.05, 0) is 37.7 Å². The third-order valence-electron chi connectivity index (χ3n) is 5.01. The maximum atomic E-state index is 12.2. The first-order valence-electron chi connectivity index (χ1n) is 7.82. The minimum Gasteiger partial charge on any atom is -0.481 e. The van der Waals surface area contributed by atoms with Gasteiger partial charge in [-0.1, -0.05) is 30.3 Å². The van der Waals surface area contributed by atoms with E-state index < -0.39 is 11.4 Å². The van der Waals surface area contributed by atoms with Gasteiger partial charge in [-0.25, -0.2) is 4.79 Å². The van der Waals surface area contributed by atoms with Crippen LogP contribution in [0.1, 0.15) is 37.7 Å². The van der Waals surface area contributed by atoms with Crippen molar-refractivity contribution in [2.45, 2.75) is 38.1 Å². The Hall–Kier alpha value is -2.04. The molecule has 1 saturated heterocycles. The molecule has 1 saturated carbocycles. The molecule has 5 nitrogen and oxygen atoms in total. The number of likely N-dealkylation sites (tertiary alicyclic amines) is 1. The number of carbonyl (C=O) groups excluding carboxylic acids is 1. The number of hydrogen-bond donors (Lipinski definition) is 2. The van der Waals surface area contributed by atoms with Crippen LogP contribution < -0.4 is 5.32 Å². The molecule has 3 rings (SSSR count). The molecular weight excluding hydrogens is 280 g/mol. The zero-order valence-electron chi connectivity index (χ0n) is 12.8. The molecule has 2 amide bonds. The lowest BCUT2D eigenvalue weighted by Crippen LogP contribution is -2.49. The highest BCUT2D eigenvalue weighted by atomic mass is 16.4. The average Bonchev–Trinajstić information content (AvgIpc) is 2.87. The van der Waals surface area contributed by atoms with Crippen molar-refractivity contribution in [3.8, 4) is 0 Å². The van der Waals surface area contributed by atoms with Gasteiger partial charge in [-0.3, -0.25) is 4.79 Å². The van der Waals surface area contributed by atoms with Gasteiger partial charge in [0.05, 0.1) is 5.41 Å². The third-order valence-corrected chi connectivity index (χ3v) is 5.01. The maximum absolute atomic E-state index is 12.2. The quantitative estimate of drug-likeness (QED) is 0.901. The molecule has 2 fully saturated rings. The second-order valence-electron chi connectivity index (χ2n) is 6.76. The molecule has 0 bridgehead atoms. The van der Waals surface area contributed by atoms with Gasteiger partial charge in [0.2, 0.25) is 0 Å². The summed E-state index contributed by atoms with van der Waals surface area (Å²) in [5, 5.41) is 12.2. The highest BCUT2D eigenvalue weighted by Gasteiger charge is 2.43. The molecule has 1 aromatic carbocycles. The Labute approximate surface area is 130 Å². The number of aliphatic carboxylic acids is 1. The fourth-order valence-electron chi connectivity index (χ4n) is 3.31. The first-order chi connectivity index (χ1) is 10.5. The van der Waals surface area contributed by atoms with Crippen molar-refractivity contribution < 1.29 is 14.7 Å². The van der Waals surface area contributed by atoms with Crippen molar-refractivity contribution in [1.82, 2.24) is 10.2 Å². The Morgan fingerprint density at radius 1 is 1.27 bits per heavy atom. The lowest BCUT2D eigenvalue weighted by Gasteiger charge is -2.37. The van der Waals surface area contributed by atoms with E-state index in [1.54, 1.807) is 11.8 Å². The number of nitrogens with one attached hydrogen (secondary N) is 1. The highest BCUT2D eigenvalue weighted by Crippen LogP contribution is 2.37. The van der Waals surface area contributed by atoms with Crippen molar-refractivity contribution in [2.24, 2.45) is 5.41 Å². The van der Waals surface area contributed by atoms with Gasteiger partial charge in [-0.2, -0.15) is 0 Å². The zero-order valence-corrected chi connectivity index (χ0v) is 12.8. The van der Waals surface area contributed by atoms with Crippen molar-refractivity contribution in [3.63, 3.8) is 0 Å². The van der Waals surface area contributed by atoms with Crippen LogP contribution >= 0.6 is 0 Å². The van der Waals surface area contributed by atoms with E-state index in [-0.39, 0.29) is 12.1 Å². The number of amides is 2. The van der Waals surface area contributed by atoms with E-state index in [1.165, 1.54) is 5.56 Å². The zero-order chi connectivity index (χ0) is 15.7. The molecule has 2 N–H and O–H groups in total. The van der Waals surface area contributed by atoms with Crippen LogP contribution in [0, 0.1) is 5.41 Å². The van der Waals surface area contributed by atoms with E-state index in [2.05, 4.69) is 17.4 Å². The van der Waals surface area contributed by atoms with Gasteiger partial charge in [0.15, 0.2) is 0 Å². The molecule has 2 aliphatic rings. The minimum absolute atomic E-state index is 0.124. The van der Waals surface area contributed by atoms with Crippen LogP contribution in [0.25, 0.3) is 0 Å². The van der Waals surface area contributed by atoms with Gasteiger partial charge in [0.25, 0.3) is 0 Å². The van der Waals surface area contributed by atoms with E-state index in [0.29, 0.717) is 25.4 Å². The summed E-state index contributed by atoms with van der Waals surface area (Å²) in [6.45, 7) is 2.52. The summed E-state index contributed by atoms with van der Waals surface area (Å²) in [6, 6.07) is 10.4. The molecular formula is C17H22N2O3. The Kier molecular flexibility index (Phi) is 3.81. The Morgan fingerprint density at radius 3 is 2.55 bits per heavy atom. The van der Waals surface area contributed by atoms with Crippen molar-refractivity contribution in [1.29, 1.82) is 0 Å². The number of nitrogens with zero attached hydrogens (tertiary/aromatic N) is 1. The molecule has 0 radical (unpaired) electrons. The Morgan fingerprint density at radius 2 is 1.95 bits per heavy atom. The fourth-order valence-corrected chi connectivity index (χ4v) is 3.31. The standard InChI is InChI=1S/C17H22N2O3/c1-17(15(20)21)7-8-19(11-17)16(22)18-14-9-13(10-14)12-5-3-2-4-6-12/h2-6,13-14H,7-11H2,1H3,(H,18,22)(H,20,21). The molecule has 5 heteroatoms. The van der Waals surface area contributed by atoms with Crippen molar-refractivity contribution in [3.05, 3.63) is 35.9 Å². The Balaban J connectivity index is 1.48.